The smallest absolute Gasteiger partial charge is 0.0633 e. The van der Waals surface area contributed by atoms with Gasteiger partial charge in [-0.1, -0.05) is 60.4 Å². The fourth-order valence-corrected chi connectivity index (χ4v) is 4.61. The second-order valence-corrected chi connectivity index (χ2v) is 5.96. The van der Waals surface area contributed by atoms with Gasteiger partial charge in [-0.3, -0.25) is 0 Å². The molecule has 11 heavy (non-hydrogen) atoms. The van der Waals surface area contributed by atoms with Gasteiger partial charge in [0.05, 0.1) is 8.80 Å². The molecule has 0 unspecified atom stereocenters. The quantitative estimate of drug-likeness (QED) is 0.554. The zero-order chi connectivity index (χ0) is 7.52. The highest BCUT2D eigenvalue weighted by Gasteiger charge is 2.18. The predicted molar refractivity (Wildman–Crippen MR) is 50.7 cm³/mol. The molecule has 0 bridgehead atoms. The van der Waals surface area contributed by atoms with Gasteiger partial charge in [0.1, 0.15) is 0 Å². The van der Waals surface area contributed by atoms with Crippen molar-refractivity contribution in [2.45, 2.75) is 24.9 Å². The van der Waals surface area contributed by atoms with E-state index in [0.717, 1.165) is 0 Å². The van der Waals surface area contributed by atoms with Crippen molar-refractivity contribution >= 4 is 14.0 Å². The molecule has 0 saturated carbocycles. The summed E-state index contributed by atoms with van der Waals surface area (Å²) in [6.07, 6.45) is 2.95. The van der Waals surface area contributed by atoms with Crippen LogP contribution in [0.3, 0.4) is 0 Å². The first-order valence-corrected chi connectivity index (χ1v) is 6.28. The molecule has 1 heteroatoms. The van der Waals surface area contributed by atoms with Gasteiger partial charge in [0, 0.05) is 0 Å². The highest BCUT2D eigenvalue weighted by atomic mass is 28.3. The zero-order valence-electron chi connectivity index (χ0n) is 6.72. The Morgan fingerprint density at radius 2 is 1.55 bits per heavy atom. The van der Waals surface area contributed by atoms with Gasteiger partial charge in [-0.2, -0.15) is 0 Å². The van der Waals surface area contributed by atoms with E-state index < -0.39 is 0 Å². The Hall–Kier alpha value is -0.563. The third kappa shape index (κ3) is 1.54. The van der Waals surface area contributed by atoms with E-state index in [-0.39, 0.29) is 8.80 Å². The molecule has 1 fully saturated rings. The van der Waals surface area contributed by atoms with Crippen LogP contribution < -0.4 is 5.19 Å². The SMILES string of the molecule is c1ccc([Si]2CCCC2)cc1. The first-order chi connectivity index (χ1) is 5.47. The lowest BCUT2D eigenvalue weighted by atomic mass is 10.4. The normalized spacial score (nSPS) is 18.9. The summed E-state index contributed by atoms with van der Waals surface area (Å²) in [5.41, 5.74) is 0. The molecule has 0 atom stereocenters. The molecule has 1 aliphatic rings. The van der Waals surface area contributed by atoms with Crippen LogP contribution in [-0.2, 0) is 0 Å². The minimum absolute atomic E-state index is 0.0898. The summed E-state index contributed by atoms with van der Waals surface area (Å²) in [6, 6.07) is 14.1. The molecular weight excluding hydrogens is 148 g/mol. The van der Waals surface area contributed by atoms with Crippen LogP contribution in [-0.4, -0.2) is 8.80 Å². The van der Waals surface area contributed by atoms with Gasteiger partial charge in [0.15, 0.2) is 0 Å². The maximum Gasteiger partial charge on any atom is 0.0856 e. The minimum atomic E-state index is -0.0898. The number of benzene rings is 1. The summed E-state index contributed by atoms with van der Waals surface area (Å²) in [5, 5.41) is 1.65. The van der Waals surface area contributed by atoms with Crippen molar-refractivity contribution in [2.24, 2.45) is 0 Å². The van der Waals surface area contributed by atoms with Gasteiger partial charge in [0.25, 0.3) is 0 Å². The maximum atomic E-state index is 2.31. The van der Waals surface area contributed by atoms with E-state index >= 15 is 0 Å². The van der Waals surface area contributed by atoms with Crippen LogP contribution in [0.2, 0.25) is 12.1 Å². The van der Waals surface area contributed by atoms with E-state index in [2.05, 4.69) is 30.3 Å². The summed E-state index contributed by atoms with van der Waals surface area (Å²) in [4.78, 5) is 0. The summed E-state index contributed by atoms with van der Waals surface area (Å²) < 4.78 is 0. The summed E-state index contributed by atoms with van der Waals surface area (Å²) in [7, 11) is -0.0898. The summed E-state index contributed by atoms with van der Waals surface area (Å²) in [5.74, 6) is 0. The Morgan fingerprint density at radius 3 is 2.18 bits per heavy atom. The molecule has 0 nitrogen and oxygen atoms in total. The maximum absolute atomic E-state index is 2.31. The Kier molecular flexibility index (Phi) is 2.08. The topological polar surface area (TPSA) is 0 Å². The fraction of sp³-hybridized carbons (Fsp3) is 0.400. The van der Waals surface area contributed by atoms with Crippen LogP contribution in [0.4, 0.5) is 0 Å². The summed E-state index contributed by atoms with van der Waals surface area (Å²) in [6.45, 7) is 0. The Bertz CT molecular complexity index is 212. The van der Waals surface area contributed by atoms with Crippen LogP contribution in [0.1, 0.15) is 12.8 Å². The first-order valence-electron chi connectivity index (χ1n) is 4.37. The van der Waals surface area contributed by atoms with Gasteiger partial charge < -0.3 is 0 Å². The van der Waals surface area contributed by atoms with Gasteiger partial charge in [-0.15, -0.1) is 0 Å². The van der Waals surface area contributed by atoms with E-state index in [1.807, 2.05) is 0 Å². The molecule has 2 rings (SSSR count). The lowest BCUT2D eigenvalue weighted by molar-refractivity contribution is 0.935. The lowest BCUT2D eigenvalue weighted by Crippen LogP contribution is -2.25. The molecule has 0 aromatic heterocycles. The molecule has 1 aliphatic heterocycles. The molecule has 57 valence electrons. The van der Waals surface area contributed by atoms with Crippen molar-refractivity contribution < 1.29 is 0 Å². The Labute approximate surface area is 69.9 Å². The summed E-state index contributed by atoms with van der Waals surface area (Å²) >= 11 is 0. The van der Waals surface area contributed by atoms with E-state index in [9.17, 15) is 0 Å². The van der Waals surface area contributed by atoms with E-state index in [0.29, 0.717) is 0 Å². The minimum Gasteiger partial charge on any atom is -0.0633 e. The molecule has 0 aliphatic carbocycles. The molecule has 0 amide bonds. The number of hydrogen-bond acceptors (Lipinski definition) is 0. The van der Waals surface area contributed by atoms with Crippen LogP contribution in [0.5, 0.6) is 0 Å². The van der Waals surface area contributed by atoms with Crippen LogP contribution in [0.15, 0.2) is 30.3 Å². The largest absolute Gasteiger partial charge is 0.0856 e. The predicted octanol–water partition coefficient (Wildman–Crippen LogP) is 2.18. The monoisotopic (exact) mass is 161 g/mol. The highest BCUT2D eigenvalue weighted by molar-refractivity contribution is 6.73. The average Bonchev–Trinajstić information content (AvgIpc) is 2.58. The van der Waals surface area contributed by atoms with Gasteiger partial charge in [-0.05, 0) is 0 Å². The molecule has 1 saturated heterocycles. The molecule has 1 heterocycles. The highest BCUT2D eigenvalue weighted by Crippen LogP contribution is 2.18. The molecule has 0 N–H and O–H groups in total. The Morgan fingerprint density at radius 1 is 0.909 bits per heavy atom. The van der Waals surface area contributed by atoms with E-state index in [4.69, 9.17) is 0 Å². The van der Waals surface area contributed by atoms with Gasteiger partial charge in [-0.25, -0.2) is 0 Å². The number of hydrogen-bond donors (Lipinski definition) is 0. The van der Waals surface area contributed by atoms with Crippen molar-refractivity contribution in [2.75, 3.05) is 0 Å². The van der Waals surface area contributed by atoms with Crippen molar-refractivity contribution in [3.63, 3.8) is 0 Å². The van der Waals surface area contributed by atoms with Crippen molar-refractivity contribution in [1.82, 2.24) is 0 Å². The standard InChI is InChI=1S/C10H13Si/c1-2-6-10(7-3-1)11-8-4-5-9-11/h1-3,6-7H,4-5,8-9H2. The van der Waals surface area contributed by atoms with E-state index in [1.165, 1.54) is 24.9 Å². The zero-order valence-corrected chi connectivity index (χ0v) is 7.72. The molecular formula is C10H13Si. The second kappa shape index (κ2) is 3.22. The van der Waals surface area contributed by atoms with Crippen molar-refractivity contribution in [1.29, 1.82) is 0 Å². The first kappa shape index (κ1) is 7.11. The van der Waals surface area contributed by atoms with Crippen LogP contribution in [0, 0.1) is 0 Å². The van der Waals surface area contributed by atoms with Gasteiger partial charge >= 0.3 is 0 Å². The third-order valence-electron chi connectivity index (χ3n) is 2.39. The van der Waals surface area contributed by atoms with E-state index in [1.54, 1.807) is 5.19 Å². The average molecular weight is 161 g/mol. The third-order valence-corrected chi connectivity index (χ3v) is 5.45. The van der Waals surface area contributed by atoms with Crippen molar-refractivity contribution in [3.05, 3.63) is 30.3 Å². The lowest BCUT2D eigenvalue weighted by Gasteiger charge is -2.05. The van der Waals surface area contributed by atoms with Crippen LogP contribution >= 0.6 is 0 Å². The fourth-order valence-electron chi connectivity index (χ4n) is 1.76. The molecule has 0 spiro atoms. The molecule has 1 aromatic carbocycles. The van der Waals surface area contributed by atoms with Crippen molar-refractivity contribution in [3.8, 4) is 0 Å². The Balaban J connectivity index is 2.16. The van der Waals surface area contributed by atoms with Gasteiger partial charge in [0.2, 0.25) is 0 Å². The number of rotatable bonds is 1. The van der Waals surface area contributed by atoms with Crippen LogP contribution in [0.25, 0.3) is 0 Å². The molecule has 1 radical (unpaired) electrons. The molecule has 1 aromatic rings. The second-order valence-electron chi connectivity index (χ2n) is 3.18.